The average Bonchev–Trinajstić information content (AvgIpc) is 2.49. The Morgan fingerprint density at radius 2 is 1.95 bits per heavy atom. The van der Waals surface area contributed by atoms with Crippen LogP contribution in [-0.2, 0) is 19.4 Å². The Morgan fingerprint density at radius 1 is 1.19 bits per heavy atom. The Kier molecular flexibility index (Phi) is 3.93. The highest BCUT2D eigenvalue weighted by Gasteiger charge is 2.21. The monoisotopic (exact) mass is 284 g/mol. The lowest BCUT2D eigenvalue weighted by atomic mass is 9.96. The fourth-order valence-electron chi connectivity index (χ4n) is 3.13. The van der Waals surface area contributed by atoms with Gasteiger partial charge in [-0.3, -0.25) is 4.90 Å². The van der Waals surface area contributed by atoms with E-state index in [4.69, 9.17) is 5.73 Å². The van der Waals surface area contributed by atoms with Crippen molar-refractivity contribution in [2.75, 3.05) is 12.3 Å². The zero-order valence-corrected chi connectivity index (χ0v) is 12.3. The van der Waals surface area contributed by atoms with Gasteiger partial charge in [0, 0.05) is 24.8 Å². The average molecular weight is 284 g/mol. The zero-order valence-electron chi connectivity index (χ0n) is 12.3. The summed E-state index contributed by atoms with van der Waals surface area (Å²) in [5.74, 6) is -0.172. The van der Waals surface area contributed by atoms with Crippen molar-refractivity contribution in [1.29, 1.82) is 0 Å². The van der Waals surface area contributed by atoms with Crippen molar-refractivity contribution in [2.45, 2.75) is 32.4 Å². The predicted molar refractivity (Wildman–Crippen MR) is 84.5 cm³/mol. The maximum absolute atomic E-state index is 13.0. The maximum Gasteiger partial charge on any atom is 0.123 e. The van der Waals surface area contributed by atoms with Crippen molar-refractivity contribution in [3.05, 3.63) is 65.0 Å². The summed E-state index contributed by atoms with van der Waals surface area (Å²) in [5, 5.41) is 0. The van der Waals surface area contributed by atoms with Crippen molar-refractivity contribution < 1.29 is 4.39 Å². The van der Waals surface area contributed by atoms with Gasteiger partial charge >= 0.3 is 0 Å². The molecule has 2 aromatic rings. The van der Waals surface area contributed by atoms with Crippen LogP contribution < -0.4 is 5.73 Å². The topological polar surface area (TPSA) is 29.3 Å². The second-order valence-electron chi connectivity index (χ2n) is 5.89. The fourth-order valence-corrected chi connectivity index (χ4v) is 3.13. The first-order valence-corrected chi connectivity index (χ1v) is 7.48. The molecule has 3 heteroatoms. The van der Waals surface area contributed by atoms with E-state index >= 15 is 0 Å². The molecule has 110 valence electrons. The van der Waals surface area contributed by atoms with Crippen LogP contribution in [0.4, 0.5) is 10.1 Å². The second kappa shape index (κ2) is 5.86. The van der Waals surface area contributed by atoms with Gasteiger partial charge in [-0.25, -0.2) is 4.39 Å². The molecule has 21 heavy (non-hydrogen) atoms. The summed E-state index contributed by atoms with van der Waals surface area (Å²) in [6.45, 7) is 4.22. The molecule has 1 aliphatic heterocycles. The van der Waals surface area contributed by atoms with E-state index < -0.39 is 0 Å². The number of hydrogen-bond donors (Lipinski definition) is 1. The van der Waals surface area contributed by atoms with Crippen molar-refractivity contribution >= 4 is 5.69 Å². The van der Waals surface area contributed by atoms with Crippen LogP contribution in [0.1, 0.15) is 23.6 Å². The quantitative estimate of drug-likeness (QED) is 0.875. The van der Waals surface area contributed by atoms with Crippen LogP contribution in [0, 0.1) is 5.82 Å². The molecular formula is C18H21FN2. The molecule has 1 heterocycles. The minimum absolute atomic E-state index is 0.172. The van der Waals surface area contributed by atoms with Gasteiger partial charge in [0.2, 0.25) is 0 Å². The first kappa shape index (κ1) is 14.1. The van der Waals surface area contributed by atoms with Crippen LogP contribution in [0.5, 0.6) is 0 Å². The Balaban J connectivity index is 1.69. The molecular weight excluding hydrogens is 263 g/mol. The molecule has 0 fully saturated rings. The van der Waals surface area contributed by atoms with Crippen LogP contribution in [-0.4, -0.2) is 17.5 Å². The summed E-state index contributed by atoms with van der Waals surface area (Å²) < 4.78 is 13.0. The van der Waals surface area contributed by atoms with Crippen LogP contribution >= 0.6 is 0 Å². The van der Waals surface area contributed by atoms with E-state index in [-0.39, 0.29) is 5.82 Å². The van der Waals surface area contributed by atoms with E-state index in [1.54, 1.807) is 0 Å². The Bertz CT molecular complexity index is 622. The van der Waals surface area contributed by atoms with Crippen molar-refractivity contribution in [3.63, 3.8) is 0 Å². The number of rotatable bonds is 3. The molecule has 2 nitrogen and oxygen atoms in total. The van der Waals surface area contributed by atoms with Gasteiger partial charge in [0.05, 0.1) is 0 Å². The zero-order chi connectivity index (χ0) is 14.8. The lowest BCUT2D eigenvalue weighted by Gasteiger charge is -2.34. The summed E-state index contributed by atoms with van der Waals surface area (Å²) in [6.07, 6.45) is 1.95. The molecule has 2 aromatic carbocycles. The standard InChI is InChI=1S/C18H21FN2/c1-13(11-14-5-7-16(19)8-6-14)21-10-9-17-15(12-21)3-2-4-18(17)20/h2-8,13H,9-12,20H2,1H3. The molecule has 0 bridgehead atoms. The number of fused-ring (bicyclic) bond motifs is 1. The smallest absolute Gasteiger partial charge is 0.123 e. The molecule has 0 saturated heterocycles. The normalized spacial score (nSPS) is 16.5. The van der Waals surface area contributed by atoms with E-state index in [2.05, 4.69) is 17.9 Å². The first-order valence-electron chi connectivity index (χ1n) is 7.48. The number of hydrogen-bond acceptors (Lipinski definition) is 2. The Morgan fingerprint density at radius 3 is 2.71 bits per heavy atom. The van der Waals surface area contributed by atoms with Crippen molar-refractivity contribution in [1.82, 2.24) is 4.90 Å². The third-order valence-corrected chi connectivity index (χ3v) is 4.40. The van der Waals surface area contributed by atoms with Gasteiger partial charge < -0.3 is 5.73 Å². The van der Waals surface area contributed by atoms with Gasteiger partial charge in [-0.05, 0) is 54.7 Å². The summed E-state index contributed by atoms with van der Waals surface area (Å²) in [7, 11) is 0. The molecule has 0 saturated carbocycles. The molecule has 3 rings (SSSR count). The van der Waals surface area contributed by atoms with Gasteiger partial charge in [0.15, 0.2) is 0 Å². The number of nitrogen functional groups attached to an aromatic ring is 1. The first-order chi connectivity index (χ1) is 10.1. The predicted octanol–water partition coefficient (Wildman–Crippen LogP) is 3.40. The molecule has 1 aliphatic rings. The fraction of sp³-hybridized carbons (Fsp3) is 0.333. The summed E-state index contributed by atoms with van der Waals surface area (Å²) in [6, 6.07) is 13.4. The van der Waals surface area contributed by atoms with Crippen molar-refractivity contribution in [2.24, 2.45) is 0 Å². The number of halogens is 1. The third-order valence-electron chi connectivity index (χ3n) is 4.40. The second-order valence-corrected chi connectivity index (χ2v) is 5.89. The molecule has 0 spiro atoms. The highest BCUT2D eigenvalue weighted by Crippen LogP contribution is 2.25. The lowest BCUT2D eigenvalue weighted by molar-refractivity contribution is 0.190. The van der Waals surface area contributed by atoms with Crippen LogP contribution in [0.3, 0.4) is 0 Å². The SMILES string of the molecule is CC(Cc1ccc(F)cc1)N1CCc2c(N)cccc2C1. The molecule has 0 amide bonds. The molecule has 1 atom stereocenters. The maximum atomic E-state index is 13.0. The molecule has 1 unspecified atom stereocenters. The number of benzene rings is 2. The Hall–Kier alpha value is -1.87. The van der Waals surface area contributed by atoms with Crippen LogP contribution in [0.25, 0.3) is 0 Å². The highest BCUT2D eigenvalue weighted by molar-refractivity contribution is 5.51. The number of anilines is 1. The third kappa shape index (κ3) is 3.08. The highest BCUT2D eigenvalue weighted by atomic mass is 19.1. The van der Waals surface area contributed by atoms with E-state index in [9.17, 15) is 4.39 Å². The largest absolute Gasteiger partial charge is 0.398 e. The van der Waals surface area contributed by atoms with Gasteiger partial charge in [0.1, 0.15) is 5.82 Å². The van der Waals surface area contributed by atoms with Crippen molar-refractivity contribution in [3.8, 4) is 0 Å². The Labute approximate surface area is 125 Å². The van der Waals surface area contributed by atoms with Gasteiger partial charge in [-0.1, -0.05) is 24.3 Å². The molecule has 0 aliphatic carbocycles. The van der Waals surface area contributed by atoms with Crippen LogP contribution in [0.2, 0.25) is 0 Å². The molecule has 0 aromatic heterocycles. The van der Waals surface area contributed by atoms with E-state index in [1.807, 2.05) is 24.3 Å². The van der Waals surface area contributed by atoms with E-state index in [0.29, 0.717) is 6.04 Å². The van der Waals surface area contributed by atoms with Gasteiger partial charge in [-0.15, -0.1) is 0 Å². The molecule has 0 radical (unpaired) electrons. The summed E-state index contributed by atoms with van der Waals surface area (Å²) in [5.41, 5.74) is 10.8. The van der Waals surface area contributed by atoms with E-state index in [1.165, 1.54) is 28.8 Å². The van der Waals surface area contributed by atoms with Crippen LogP contribution in [0.15, 0.2) is 42.5 Å². The van der Waals surface area contributed by atoms with Gasteiger partial charge in [-0.2, -0.15) is 0 Å². The minimum atomic E-state index is -0.172. The van der Waals surface area contributed by atoms with Gasteiger partial charge in [0.25, 0.3) is 0 Å². The lowest BCUT2D eigenvalue weighted by Crippen LogP contribution is -2.39. The van der Waals surface area contributed by atoms with E-state index in [0.717, 1.165) is 31.6 Å². The number of nitrogens with two attached hydrogens (primary N) is 1. The molecule has 2 N–H and O–H groups in total. The minimum Gasteiger partial charge on any atom is -0.398 e. The number of nitrogens with zero attached hydrogens (tertiary/aromatic N) is 1. The summed E-state index contributed by atoms with van der Waals surface area (Å²) in [4.78, 5) is 2.48. The summed E-state index contributed by atoms with van der Waals surface area (Å²) >= 11 is 0.